The Morgan fingerprint density at radius 3 is 2.40 bits per heavy atom. The summed E-state index contributed by atoms with van der Waals surface area (Å²) in [6, 6.07) is 0. The van der Waals surface area contributed by atoms with Gasteiger partial charge >= 0.3 is 0 Å². The summed E-state index contributed by atoms with van der Waals surface area (Å²) < 4.78 is 15.5. The average Bonchev–Trinajstić information content (AvgIpc) is 2.23. The van der Waals surface area contributed by atoms with E-state index in [-0.39, 0.29) is 12.0 Å². The topological polar surface area (TPSA) is 68.2 Å². The first-order valence-electron chi connectivity index (χ1n) is 4.38. The van der Waals surface area contributed by atoms with E-state index in [2.05, 4.69) is 0 Å². The Kier molecular flexibility index (Phi) is 5.48. The van der Waals surface area contributed by atoms with Crippen molar-refractivity contribution in [3.05, 3.63) is 0 Å². The van der Waals surface area contributed by atoms with Crippen molar-refractivity contribution in [2.75, 3.05) is 20.8 Å². The molecule has 3 atom stereocenters. The molecule has 1 heterocycles. The van der Waals surface area contributed by atoms with Gasteiger partial charge in [-0.15, -0.1) is 0 Å². The number of aliphatic hydroxyl groups is 2. The van der Waals surface area contributed by atoms with E-state index in [0.717, 1.165) is 0 Å². The van der Waals surface area contributed by atoms with E-state index in [0.29, 0.717) is 6.42 Å². The van der Waals surface area contributed by atoms with E-state index >= 15 is 0 Å². The van der Waals surface area contributed by atoms with Gasteiger partial charge in [-0.05, 0) is 23.2 Å². The van der Waals surface area contributed by atoms with Crippen LogP contribution in [0.3, 0.4) is 0 Å². The molecule has 0 unspecified atom stereocenters. The van der Waals surface area contributed by atoms with Crippen LogP contribution < -0.4 is 0 Å². The lowest BCUT2D eigenvalue weighted by Gasteiger charge is -2.31. The zero-order valence-corrected chi connectivity index (χ0v) is 11.1. The monoisotopic (exact) mass is 274 g/mol. The predicted octanol–water partition coefficient (Wildman–Crippen LogP) is 0.705. The highest BCUT2D eigenvalue weighted by atomic mass is 32.9. The van der Waals surface area contributed by atoms with E-state index in [9.17, 15) is 10.2 Å². The minimum absolute atomic E-state index is 0.113. The molecule has 1 aliphatic rings. The normalized spacial score (nSPS) is 32.9. The second kappa shape index (κ2) is 5.93. The molecule has 1 saturated heterocycles. The highest BCUT2D eigenvalue weighted by molar-refractivity contribution is 8.68. The van der Waals surface area contributed by atoms with Crippen LogP contribution in [0.1, 0.15) is 6.42 Å². The lowest BCUT2D eigenvalue weighted by molar-refractivity contribution is -0.0951. The van der Waals surface area contributed by atoms with Crippen molar-refractivity contribution in [1.29, 1.82) is 0 Å². The van der Waals surface area contributed by atoms with Crippen molar-refractivity contribution in [3.8, 4) is 0 Å². The molecule has 0 amide bonds. The summed E-state index contributed by atoms with van der Waals surface area (Å²) >= 11 is 6.42. The SMILES string of the molecule is COP(=S)(OC)S[C@H]1C[C@H](O)[C@H](O)CO1. The van der Waals surface area contributed by atoms with Gasteiger partial charge in [0.05, 0.1) is 12.7 Å². The van der Waals surface area contributed by atoms with Gasteiger partial charge in [0.2, 0.25) is 5.69 Å². The lowest BCUT2D eigenvalue weighted by atomic mass is 10.1. The molecule has 0 aliphatic carbocycles. The van der Waals surface area contributed by atoms with Gasteiger partial charge in [-0.1, -0.05) is 0 Å². The first-order chi connectivity index (χ1) is 7.00. The molecule has 90 valence electrons. The third-order valence-electron chi connectivity index (χ3n) is 2.02. The minimum atomic E-state index is -2.36. The highest BCUT2D eigenvalue weighted by Gasteiger charge is 2.33. The zero-order valence-electron chi connectivity index (χ0n) is 8.53. The van der Waals surface area contributed by atoms with Crippen LogP contribution in [0.4, 0.5) is 0 Å². The maximum absolute atomic E-state index is 9.44. The highest BCUT2D eigenvalue weighted by Crippen LogP contribution is 2.62. The molecule has 0 bridgehead atoms. The molecule has 0 aromatic heterocycles. The molecule has 1 aliphatic heterocycles. The maximum Gasteiger partial charge on any atom is 0.249 e. The molecule has 8 heteroatoms. The molecule has 0 aromatic rings. The Labute approximate surface area is 98.0 Å². The Balaban J connectivity index is 2.49. The van der Waals surface area contributed by atoms with Crippen LogP contribution in [0, 0.1) is 0 Å². The number of rotatable bonds is 4. The molecule has 0 radical (unpaired) electrons. The average molecular weight is 274 g/mol. The first-order valence-corrected chi connectivity index (χ1v) is 8.50. The summed E-state index contributed by atoms with van der Waals surface area (Å²) in [6.07, 6.45) is -1.25. The van der Waals surface area contributed by atoms with Crippen molar-refractivity contribution >= 4 is 28.9 Å². The van der Waals surface area contributed by atoms with Crippen molar-refractivity contribution in [2.45, 2.75) is 24.1 Å². The number of hydrogen-bond acceptors (Lipinski definition) is 7. The van der Waals surface area contributed by atoms with Gasteiger partial charge in [-0.3, -0.25) is 0 Å². The quantitative estimate of drug-likeness (QED) is 0.732. The summed E-state index contributed by atoms with van der Waals surface area (Å²) in [7, 11) is 2.98. The minimum Gasteiger partial charge on any atom is -0.390 e. The van der Waals surface area contributed by atoms with Crippen LogP contribution in [0.25, 0.3) is 0 Å². The number of aliphatic hydroxyl groups excluding tert-OH is 2. The van der Waals surface area contributed by atoms with Gasteiger partial charge in [-0.25, -0.2) is 0 Å². The summed E-state index contributed by atoms with van der Waals surface area (Å²) in [6.45, 7) is 0.113. The molecule has 0 aromatic carbocycles. The summed E-state index contributed by atoms with van der Waals surface area (Å²) in [5.74, 6) is 0. The Hall–Kier alpha value is 0.800. The summed E-state index contributed by atoms with van der Waals surface area (Å²) in [5.41, 5.74) is -2.65. The fourth-order valence-electron chi connectivity index (χ4n) is 1.12. The largest absolute Gasteiger partial charge is 0.390 e. The van der Waals surface area contributed by atoms with E-state index in [4.69, 9.17) is 25.6 Å². The van der Waals surface area contributed by atoms with Gasteiger partial charge in [0, 0.05) is 20.6 Å². The molecule has 2 N–H and O–H groups in total. The maximum atomic E-state index is 9.44. The molecule has 0 saturated carbocycles. The van der Waals surface area contributed by atoms with E-state index in [1.165, 1.54) is 25.6 Å². The standard InChI is InChI=1S/C7H15O5PS2/c1-10-13(14,11-2)15-7-3-5(8)6(9)4-12-7/h5-9H,3-4H2,1-2H3/t5-,6+,7-/m0/s1. The summed E-state index contributed by atoms with van der Waals surface area (Å²) in [4.78, 5) is 0. The smallest absolute Gasteiger partial charge is 0.249 e. The van der Waals surface area contributed by atoms with Gasteiger partial charge in [0.1, 0.15) is 11.5 Å². The molecule has 5 nitrogen and oxygen atoms in total. The number of hydrogen-bond donors (Lipinski definition) is 2. The molecular formula is C7H15O5PS2. The Morgan fingerprint density at radius 1 is 1.33 bits per heavy atom. The van der Waals surface area contributed by atoms with Crippen molar-refractivity contribution < 1.29 is 24.0 Å². The predicted molar refractivity (Wildman–Crippen MR) is 62.3 cm³/mol. The molecule has 0 spiro atoms. The van der Waals surface area contributed by atoms with Crippen molar-refractivity contribution in [3.63, 3.8) is 0 Å². The van der Waals surface area contributed by atoms with Crippen molar-refractivity contribution in [1.82, 2.24) is 0 Å². The van der Waals surface area contributed by atoms with Crippen LogP contribution in [-0.4, -0.2) is 48.7 Å². The molecule has 1 fully saturated rings. The molecule has 1 rings (SSSR count). The fraction of sp³-hybridized carbons (Fsp3) is 1.00. The molecule has 15 heavy (non-hydrogen) atoms. The van der Waals surface area contributed by atoms with Crippen LogP contribution in [0.2, 0.25) is 0 Å². The third kappa shape index (κ3) is 3.94. The van der Waals surface area contributed by atoms with Gasteiger partial charge < -0.3 is 24.0 Å². The lowest BCUT2D eigenvalue weighted by Crippen LogP contribution is -2.39. The zero-order chi connectivity index (χ0) is 11.5. The fourth-order valence-corrected chi connectivity index (χ4v) is 4.83. The second-order valence-electron chi connectivity index (χ2n) is 3.05. The Morgan fingerprint density at radius 2 is 1.93 bits per heavy atom. The molecular weight excluding hydrogens is 259 g/mol. The van der Waals surface area contributed by atoms with Crippen LogP contribution in [0.5, 0.6) is 0 Å². The van der Waals surface area contributed by atoms with Crippen LogP contribution in [-0.2, 0) is 25.6 Å². The third-order valence-corrected chi connectivity index (χ3v) is 7.78. The van der Waals surface area contributed by atoms with Crippen LogP contribution in [0.15, 0.2) is 0 Å². The van der Waals surface area contributed by atoms with Crippen LogP contribution >= 0.6 is 17.1 Å². The Bertz CT molecular complexity index is 244. The second-order valence-corrected chi connectivity index (χ2v) is 9.62. The van der Waals surface area contributed by atoms with Crippen molar-refractivity contribution in [2.24, 2.45) is 0 Å². The summed E-state index contributed by atoms with van der Waals surface area (Å²) in [5, 5.41) is 18.7. The number of ether oxygens (including phenoxy) is 1. The van der Waals surface area contributed by atoms with E-state index < -0.39 is 17.9 Å². The van der Waals surface area contributed by atoms with Gasteiger partial charge in [0.25, 0.3) is 0 Å². The first kappa shape index (κ1) is 13.9. The van der Waals surface area contributed by atoms with Gasteiger partial charge in [0.15, 0.2) is 0 Å². The van der Waals surface area contributed by atoms with E-state index in [1.54, 1.807) is 0 Å². The van der Waals surface area contributed by atoms with Gasteiger partial charge in [-0.2, -0.15) is 0 Å². The van der Waals surface area contributed by atoms with E-state index in [1.807, 2.05) is 0 Å².